The van der Waals surface area contributed by atoms with Crippen LogP contribution in [0.1, 0.15) is 62.1 Å². The summed E-state index contributed by atoms with van der Waals surface area (Å²) in [5, 5.41) is 21.6. The van der Waals surface area contributed by atoms with Crippen molar-refractivity contribution in [2.24, 2.45) is 5.92 Å². The first-order valence-corrected chi connectivity index (χ1v) is 22.9. The molecule has 3 amide bonds. The van der Waals surface area contributed by atoms with Crippen LogP contribution in [0.3, 0.4) is 0 Å². The van der Waals surface area contributed by atoms with Gasteiger partial charge in [-0.2, -0.15) is 15.5 Å². The second-order valence-corrected chi connectivity index (χ2v) is 17.4. The number of likely N-dealkylation sites (tertiary alicyclic amines) is 1. The van der Waals surface area contributed by atoms with Crippen LogP contribution in [-0.4, -0.2) is 109 Å². The van der Waals surface area contributed by atoms with E-state index in [2.05, 4.69) is 41.4 Å². The molecular formula is C50H51N11O6. The topological polar surface area (TPSA) is 202 Å². The first kappa shape index (κ1) is 44.6. The van der Waals surface area contributed by atoms with Crippen LogP contribution in [0.4, 0.5) is 5.69 Å². The lowest BCUT2D eigenvalue weighted by Gasteiger charge is -2.36. The first-order valence-electron chi connectivity index (χ1n) is 22.9. The molecule has 17 nitrogen and oxygen atoms in total. The molecule has 0 saturated carbocycles. The maximum atomic E-state index is 13.2. The summed E-state index contributed by atoms with van der Waals surface area (Å²) in [6.07, 6.45) is 9.83. The van der Waals surface area contributed by atoms with E-state index in [1.807, 2.05) is 47.4 Å². The number of imide groups is 1. The highest BCUT2D eigenvalue weighted by Crippen LogP contribution is 2.25. The van der Waals surface area contributed by atoms with Gasteiger partial charge < -0.3 is 19.4 Å². The highest BCUT2D eigenvalue weighted by atomic mass is 16.5. The van der Waals surface area contributed by atoms with Crippen molar-refractivity contribution in [2.75, 3.05) is 57.3 Å². The van der Waals surface area contributed by atoms with E-state index >= 15 is 0 Å². The average Bonchev–Trinajstić information content (AvgIpc) is 3.36. The summed E-state index contributed by atoms with van der Waals surface area (Å²) >= 11 is 0. The summed E-state index contributed by atoms with van der Waals surface area (Å²) in [5.74, 6) is 0.943. The minimum absolute atomic E-state index is 0.165. The molecule has 1 atom stereocenters. The van der Waals surface area contributed by atoms with E-state index in [4.69, 9.17) is 4.74 Å². The van der Waals surface area contributed by atoms with E-state index in [0.29, 0.717) is 78.7 Å². The first-order chi connectivity index (χ1) is 32.7. The average molecular weight is 902 g/mol. The Hall–Kier alpha value is -7.58. The number of aromatic nitrogens is 6. The zero-order valence-corrected chi connectivity index (χ0v) is 37.1. The minimum atomic E-state index is -0.807. The number of piperidine rings is 2. The van der Waals surface area contributed by atoms with Crippen LogP contribution in [0.2, 0.25) is 0 Å². The number of ether oxygens (including phenoxy) is 1. The molecule has 1 N–H and O–H groups in total. The molecule has 3 aromatic heterocycles. The molecule has 0 spiro atoms. The molecule has 3 aromatic carbocycles. The van der Waals surface area contributed by atoms with Gasteiger partial charge in [-0.05, 0) is 106 Å². The molecule has 6 heterocycles. The Morgan fingerprint density at radius 1 is 0.821 bits per heavy atom. The molecule has 3 saturated heterocycles. The second kappa shape index (κ2) is 20.3. The number of amides is 3. The van der Waals surface area contributed by atoms with Gasteiger partial charge in [0.15, 0.2) is 11.6 Å². The third-order valence-corrected chi connectivity index (χ3v) is 12.9. The number of nitrogens with one attached hydrogen (secondary N) is 1. The number of rotatable bonds is 14. The fraction of sp³-hybridized carbons (Fsp3) is 0.360. The van der Waals surface area contributed by atoms with E-state index in [9.17, 15) is 29.2 Å². The Balaban J connectivity index is 0.669. The largest absolute Gasteiger partial charge is 0.490 e. The summed E-state index contributed by atoms with van der Waals surface area (Å²) in [7, 11) is 0. The summed E-state index contributed by atoms with van der Waals surface area (Å²) in [6.45, 7) is 6.47. The zero-order chi connectivity index (χ0) is 46.3. The number of fused-ring (bicyclic) bond motifs is 1. The number of carbonyl (C=O) groups is 3. The van der Waals surface area contributed by atoms with Crippen LogP contribution >= 0.6 is 0 Å². The van der Waals surface area contributed by atoms with Gasteiger partial charge in [-0.25, -0.2) is 19.3 Å². The minimum Gasteiger partial charge on any atom is -0.490 e. The summed E-state index contributed by atoms with van der Waals surface area (Å²) in [5.41, 5.74) is 3.94. The van der Waals surface area contributed by atoms with Crippen molar-refractivity contribution in [3.05, 3.63) is 129 Å². The van der Waals surface area contributed by atoms with Crippen LogP contribution in [0.25, 0.3) is 33.4 Å². The van der Waals surface area contributed by atoms with Crippen molar-refractivity contribution in [1.82, 2.24) is 44.6 Å². The van der Waals surface area contributed by atoms with Crippen molar-refractivity contribution >= 4 is 34.2 Å². The predicted molar refractivity (Wildman–Crippen MR) is 250 cm³/mol. The highest BCUT2D eigenvalue weighted by molar-refractivity contribution is 5.99. The van der Waals surface area contributed by atoms with Crippen molar-refractivity contribution < 1.29 is 19.1 Å². The van der Waals surface area contributed by atoms with Gasteiger partial charge in [0.05, 0.1) is 54.5 Å². The lowest BCUT2D eigenvalue weighted by atomic mass is 9.97. The number of anilines is 1. The molecule has 67 heavy (non-hydrogen) atoms. The molecule has 3 aliphatic heterocycles. The van der Waals surface area contributed by atoms with Gasteiger partial charge in [-0.3, -0.25) is 29.3 Å². The third-order valence-electron chi connectivity index (χ3n) is 12.9. The van der Waals surface area contributed by atoms with Crippen molar-refractivity contribution in [1.29, 1.82) is 5.26 Å². The maximum absolute atomic E-state index is 13.2. The number of carbonyl (C=O) groups excluding carboxylic acids is 3. The molecule has 6 aromatic rings. The Labute approximate surface area is 386 Å². The highest BCUT2D eigenvalue weighted by Gasteiger charge is 2.30. The quantitative estimate of drug-likeness (QED) is 0.118. The number of nitriles is 1. The molecular weight excluding hydrogens is 851 g/mol. The van der Waals surface area contributed by atoms with Crippen molar-refractivity contribution in [2.45, 2.75) is 57.5 Å². The van der Waals surface area contributed by atoms with Gasteiger partial charge >= 0.3 is 0 Å². The Kier molecular flexibility index (Phi) is 13.5. The van der Waals surface area contributed by atoms with E-state index in [0.717, 1.165) is 67.7 Å². The zero-order valence-electron chi connectivity index (χ0n) is 37.1. The van der Waals surface area contributed by atoms with Crippen LogP contribution in [0, 0.1) is 17.2 Å². The Bertz CT molecular complexity index is 2950. The Morgan fingerprint density at radius 2 is 1.61 bits per heavy atom. The van der Waals surface area contributed by atoms with Crippen molar-refractivity contribution in [3.8, 4) is 34.5 Å². The molecule has 0 aliphatic carbocycles. The van der Waals surface area contributed by atoms with Crippen LogP contribution < -0.4 is 26.1 Å². The lowest BCUT2D eigenvalue weighted by molar-refractivity contribution is -0.136. The third kappa shape index (κ3) is 10.6. The summed E-state index contributed by atoms with van der Waals surface area (Å²) < 4.78 is 8.71. The molecule has 1 unspecified atom stereocenters. The normalized spacial score (nSPS) is 17.0. The molecule has 342 valence electrons. The van der Waals surface area contributed by atoms with Gasteiger partial charge in [0.1, 0.15) is 6.04 Å². The van der Waals surface area contributed by atoms with Crippen LogP contribution in [0.15, 0.2) is 107 Å². The molecule has 17 heteroatoms. The summed E-state index contributed by atoms with van der Waals surface area (Å²) in [4.78, 5) is 78.8. The number of nitrogens with zero attached hydrogens (tertiary/aromatic N) is 10. The molecule has 0 bridgehead atoms. The van der Waals surface area contributed by atoms with Gasteiger partial charge in [0.2, 0.25) is 11.8 Å². The van der Waals surface area contributed by atoms with Gasteiger partial charge in [-0.15, -0.1) is 0 Å². The van der Waals surface area contributed by atoms with E-state index in [1.165, 1.54) is 15.4 Å². The van der Waals surface area contributed by atoms with E-state index in [1.54, 1.807) is 48.9 Å². The fourth-order valence-electron chi connectivity index (χ4n) is 9.05. The van der Waals surface area contributed by atoms with Crippen LogP contribution in [0.5, 0.6) is 5.75 Å². The standard InChI is InChI=1S/C50H51N11O6/c51-28-35-5-3-7-37(25-35)43-12-15-47(64)60(56-43)32-36-6-4-8-38(26-36)48-52-30-41(31-53-48)67-33-34-16-19-57(20-17-34)18-2-1-9-46(63)59-23-21-58(22-24-59)40-10-11-42-39(27-40)29-54-61(50(42)66)44-13-14-45(62)55-49(44)65/h3-8,10-12,15,25-27,29-31,34,44H,1-2,9,13-14,16-24,32-33H2,(H,55,62,65). The molecule has 0 radical (unpaired) electrons. The summed E-state index contributed by atoms with van der Waals surface area (Å²) in [6, 6.07) is 24.9. The predicted octanol–water partition coefficient (Wildman–Crippen LogP) is 4.58. The molecule has 3 fully saturated rings. The lowest BCUT2D eigenvalue weighted by Crippen LogP contribution is -2.48. The Morgan fingerprint density at radius 3 is 2.40 bits per heavy atom. The number of hydrogen-bond acceptors (Lipinski definition) is 13. The van der Waals surface area contributed by atoms with Crippen molar-refractivity contribution in [3.63, 3.8) is 0 Å². The molecule has 3 aliphatic rings. The number of piperazine rings is 1. The van der Waals surface area contributed by atoms with Gasteiger partial charge in [0.25, 0.3) is 17.0 Å². The number of hydrogen-bond donors (Lipinski definition) is 1. The maximum Gasteiger partial charge on any atom is 0.275 e. The monoisotopic (exact) mass is 901 g/mol. The fourth-order valence-corrected chi connectivity index (χ4v) is 9.05. The SMILES string of the molecule is N#Cc1cccc(-c2ccc(=O)n(Cc3cccc(-c4ncc(OCC5CCN(CCCCC(=O)N6CCN(c7ccc8c(=O)n(C9CCC(=O)NC9=O)ncc8c7)CC6)CC5)cn4)c3)n2)c1. The molecule has 9 rings (SSSR count). The number of unbranched alkanes of at least 4 members (excludes halogenated alkanes) is 1. The number of benzene rings is 3. The van der Waals surface area contributed by atoms with Gasteiger partial charge in [-0.1, -0.05) is 30.3 Å². The van der Waals surface area contributed by atoms with E-state index in [-0.39, 0.29) is 42.3 Å². The second-order valence-electron chi connectivity index (χ2n) is 17.4. The van der Waals surface area contributed by atoms with Crippen LogP contribution in [-0.2, 0) is 20.9 Å². The van der Waals surface area contributed by atoms with Gasteiger partial charge in [0, 0.05) is 67.3 Å². The smallest absolute Gasteiger partial charge is 0.275 e. The van der Waals surface area contributed by atoms with E-state index < -0.39 is 11.9 Å².